The largest absolute Gasteiger partial charge is 0.491 e. The van der Waals surface area contributed by atoms with Crippen molar-refractivity contribution in [3.63, 3.8) is 0 Å². The highest BCUT2D eigenvalue weighted by molar-refractivity contribution is 7.80. The molecular weight excluding hydrogens is 671 g/mol. The van der Waals surface area contributed by atoms with Gasteiger partial charge < -0.3 is 25.0 Å². The first-order valence-electron chi connectivity index (χ1n) is 18.5. The zero-order valence-electron chi connectivity index (χ0n) is 30.6. The third-order valence-electron chi connectivity index (χ3n) is 11.1. The number of methoxy groups -OCH3 is 1. The minimum atomic E-state index is -0.348. The van der Waals surface area contributed by atoms with Crippen molar-refractivity contribution >= 4 is 40.4 Å². The highest BCUT2D eigenvalue weighted by atomic mass is 35.5. The molecule has 7 nitrogen and oxygen atoms in total. The second-order valence-electron chi connectivity index (χ2n) is 14.7. The monoisotopic (exact) mass is 726 g/mol. The van der Waals surface area contributed by atoms with Crippen molar-refractivity contribution in [2.45, 2.75) is 84.2 Å². The number of allylic oxidation sites excluding steroid dienone is 1. The van der Waals surface area contributed by atoms with Gasteiger partial charge in [0, 0.05) is 70.3 Å². The number of carbonyl (C=O) groups excluding carboxylic acids is 1. The number of nitrogens with one attached hydrogen (secondary N) is 2. The number of ether oxygens (including phenoxy) is 2. The number of nitrogens with zero attached hydrogens (tertiary/aromatic N) is 2. The van der Waals surface area contributed by atoms with E-state index in [1.807, 2.05) is 24.3 Å². The third-order valence-corrected chi connectivity index (χ3v) is 11.9. The number of thiocarbonyl (C=S) groups is 1. The minimum Gasteiger partial charge on any atom is -0.491 e. The molecule has 5 rings (SSSR count). The van der Waals surface area contributed by atoms with E-state index in [9.17, 15) is 4.79 Å². The molecule has 2 aromatic rings. The number of rotatable bonds is 14. The zero-order valence-corrected chi connectivity index (χ0v) is 32.2. The molecule has 0 aromatic heterocycles. The number of halogens is 2. The SMILES string of the molecule is CCCc1c(C2COc3ccc(C(=O)NC(=S)C(C)CC/C=C(\C)C(C)(CN4CCNCC4)OC)cc3N(CC3CCC3)C2)ccc(Cl)c1F. The Kier molecular flexibility index (Phi) is 13.7. The van der Waals surface area contributed by atoms with Crippen LogP contribution in [0.25, 0.3) is 0 Å². The minimum absolute atomic E-state index is 0.0251. The molecule has 1 saturated carbocycles. The van der Waals surface area contributed by atoms with E-state index in [0.29, 0.717) is 41.6 Å². The maximum absolute atomic E-state index is 15.2. The second-order valence-corrected chi connectivity index (χ2v) is 15.6. The summed E-state index contributed by atoms with van der Waals surface area (Å²) < 4.78 is 27.6. The first-order chi connectivity index (χ1) is 24.0. The molecule has 3 unspecified atom stereocenters. The zero-order chi connectivity index (χ0) is 35.8. The third kappa shape index (κ3) is 9.45. The van der Waals surface area contributed by atoms with E-state index in [4.69, 9.17) is 33.3 Å². The molecule has 1 aliphatic carbocycles. The van der Waals surface area contributed by atoms with Gasteiger partial charge >= 0.3 is 0 Å². The molecule has 10 heteroatoms. The lowest BCUT2D eigenvalue weighted by atomic mass is 9.84. The Morgan fingerprint density at radius 3 is 2.70 bits per heavy atom. The van der Waals surface area contributed by atoms with E-state index in [1.165, 1.54) is 24.8 Å². The molecule has 2 heterocycles. The summed E-state index contributed by atoms with van der Waals surface area (Å²) >= 11 is 11.9. The summed E-state index contributed by atoms with van der Waals surface area (Å²) in [4.78, 5) is 18.9. The first-order valence-corrected chi connectivity index (χ1v) is 19.3. The molecule has 2 fully saturated rings. The van der Waals surface area contributed by atoms with Gasteiger partial charge in [0.25, 0.3) is 5.91 Å². The Labute approximate surface area is 309 Å². The fraction of sp³-hybridized carbons (Fsp3) is 0.600. The van der Waals surface area contributed by atoms with Crippen molar-refractivity contribution < 1.29 is 18.7 Å². The molecule has 2 aliphatic heterocycles. The lowest BCUT2D eigenvalue weighted by molar-refractivity contribution is 0.00373. The summed E-state index contributed by atoms with van der Waals surface area (Å²) in [5.74, 6) is 0.779. The Bertz CT molecular complexity index is 1530. The molecule has 1 amide bonds. The molecule has 2 aromatic carbocycles. The van der Waals surface area contributed by atoms with Crippen LogP contribution in [0.1, 0.15) is 93.6 Å². The van der Waals surface area contributed by atoms with Crippen molar-refractivity contribution in [2.75, 3.05) is 64.4 Å². The fourth-order valence-electron chi connectivity index (χ4n) is 7.33. The van der Waals surface area contributed by atoms with E-state index < -0.39 is 0 Å². The van der Waals surface area contributed by atoms with Crippen LogP contribution in [0, 0.1) is 17.7 Å². The smallest absolute Gasteiger partial charge is 0.256 e. The number of fused-ring (bicyclic) bond motifs is 1. The van der Waals surface area contributed by atoms with Gasteiger partial charge in [0.2, 0.25) is 0 Å². The highest BCUT2D eigenvalue weighted by Gasteiger charge is 2.32. The van der Waals surface area contributed by atoms with E-state index in [0.717, 1.165) is 75.5 Å². The van der Waals surface area contributed by atoms with Gasteiger partial charge in [0.1, 0.15) is 11.6 Å². The summed E-state index contributed by atoms with van der Waals surface area (Å²) in [7, 11) is 1.79. The van der Waals surface area contributed by atoms with Crippen molar-refractivity contribution in [2.24, 2.45) is 11.8 Å². The molecule has 1 saturated heterocycles. The molecule has 0 radical (unpaired) electrons. The molecule has 3 aliphatic rings. The van der Waals surface area contributed by atoms with Gasteiger partial charge in [-0.2, -0.15) is 0 Å². The van der Waals surface area contributed by atoms with Gasteiger partial charge in [-0.15, -0.1) is 0 Å². The van der Waals surface area contributed by atoms with Crippen LogP contribution in [-0.4, -0.2) is 80.9 Å². The van der Waals surface area contributed by atoms with Gasteiger partial charge in [-0.05, 0) is 92.8 Å². The number of benzene rings is 2. The number of anilines is 1. The van der Waals surface area contributed by atoms with Crippen LogP contribution in [0.15, 0.2) is 42.0 Å². The van der Waals surface area contributed by atoms with Crippen molar-refractivity contribution in [3.05, 3.63) is 69.5 Å². The Morgan fingerprint density at radius 2 is 2.02 bits per heavy atom. The van der Waals surface area contributed by atoms with E-state index in [-0.39, 0.29) is 34.2 Å². The summed E-state index contributed by atoms with van der Waals surface area (Å²) in [6, 6.07) is 9.26. The Morgan fingerprint density at radius 1 is 1.26 bits per heavy atom. The average Bonchev–Trinajstić information content (AvgIpc) is 3.27. The Balaban J connectivity index is 1.24. The summed E-state index contributed by atoms with van der Waals surface area (Å²) in [6.45, 7) is 15.3. The van der Waals surface area contributed by atoms with Crippen LogP contribution in [-0.2, 0) is 11.2 Å². The fourth-order valence-corrected chi connectivity index (χ4v) is 7.72. The van der Waals surface area contributed by atoms with Crippen LogP contribution in [0.4, 0.5) is 10.1 Å². The Hall–Kier alpha value is -2.56. The van der Waals surface area contributed by atoms with Crippen LogP contribution in [0.3, 0.4) is 0 Å². The van der Waals surface area contributed by atoms with Crippen LogP contribution >= 0.6 is 23.8 Å². The molecule has 0 bridgehead atoms. The molecule has 274 valence electrons. The lowest BCUT2D eigenvalue weighted by Gasteiger charge is -2.37. The van der Waals surface area contributed by atoms with Crippen molar-refractivity contribution in [1.82, 2.24) is 15.5 Å². The van der Waals surface area contributed by atoms with Gasteiger partial charge in [-0.25, -0.2) is 4.39 Å². The normalized spacial score (nSPS) is 20.6. The lowest BCUT2D eigenvalue weighted by Crippen LogP contribution is -2.50. The first kappa shape index (κ1) is 38.7. The number of amides is 1. The van der Waals surface area contributed by atoms with Gasteiger partial charge in [-0.1, -0.05) is 62.7 Å². The standard InChI is InChI=1S/C40H56ClFN4O3S/c1-6-9-33-32(15-16-34(41)37(33)42)31-24-46(23-29-12-8-13-29)35-22-30(14-17-36(35)49-25-31)38(47)44-39(50)27(2)10-7-11-28(3)40(4,48-5)26-45-20-18-43-19-21-45/h11,14-17,22,27,29,31,43H,6-10,12-13,18-21,23-26H2,1-5H3,(H,44,47,50)/b28-11+. The van der Waals surface area contributed by atoms with E-state index in [1.54, 1.807) is 13.2 Å². The van der Waals surface area contributed by atoms with Gasteiger partial charge in [0.05, 0.1) is 27.9 Å². The maximum Gasteiger partial charge on any atom is 0.256 e. The molecular formula is C40H56ClFN4O3S. The average molecular weight is 727 g/mol. The number of hydrogen-bond acceptors (Lipinski definition) is 7. The van der Waals surface area contributed by atoms with Gasteiger partial charge in [-0.3, -0.25) is 9.69 Å². The quantitative estimate of drug-likeness (QED) is 0.151. The number of hydrogen-bond donors (Lipinski definition) is 2. The van der Waals surface area contributed by atoms with Gasteiger partial charge in [0.15, 0.2) is 0 Å². The predicted octanol–water partition coefficient (Wildman–Crippen LogP) is 7.94. The second kappa shape index (κ2) is 17.8. The molecule has 2 N–H and O–H groups in total. The molecule has 0 spiro atoms. The highest BCUT2D eigenvalue weighted by Crippen LogP contribution is 2.40. The van der Waals surface area contributed by atoms with Crippen LogP contribution in [0.5, 0.6) is 5.75 Å². The molecule has 50 heavy (non-hydrogen) atoms. The maximum atomic E-state index is 15.2. The number of carbonyl (C=O) groups is 1. The summed E-state index contributed by atoms with van der Waals surface area (Å²) in [5.41, 5.74) is 3.94. The van der Waals surface area contributed by atoms with E-state index >= 15 is 4.39 Å². The van der Waals surface area contributed by atoms with Crippen LogP contribution in [0.2, 0.25) is 5.02 Å². The van der Waals surface area contributed by atoms with E-state index in [2.05, 4.69) is 54.2 Å². The summed E-state index contributed by atoms with van der Waals surface area (Å²) in [6.07, 6.45) is 8.99. The van der Waals surface area contributed by atoms with Crippen LogP contribution < -0.4 is 20.3 Å². The molecule has 3 atom stereocenters. The topological polar surface area (TPSA) is 66.1 Å². The predicted molar refractivity (Wildman–Crippen MR) is 207 cm³/mol. The van der Waals surface area contributed by atoms with Crippen molar-refractivity contribution in [1.29, 1.82) is 0 Å². The number of piperazine rings is 1. The summed E-state index contributed by atoms with van der Waals surface area (Å²) in [5, 5.41) is 6.59. The van der Waals surface area contributed by atoms with Crippen molar-refractivity contribution in [3.8, 4) is 5.75 Å².